The van der Waals surface area contributed by atoms with E-state index in [1.165, 1.54) is 4.90 Å². The fourth-order valence-corrected chi connectivity index (χ4v) is 3.11. The summed E-state index contributed by atoms with van der Waals surface area (Å²) in [7, 11) is 3.37. The van der Waals surface area contributed by atoms with Crippen LogP contribution in [0.2, 0.25) is 0 Å². The zero-order valence-electron chi connectivity index (χ0n) is 16.1. The fourth-order valence-electron chi connectivity index (χ4n) is 2.32. The van der Waals surface area contributed by atoms with Gasteiger partial charge in [0.15, 0.2) is 17.5 Å². The number of hydrogen-bond acceptors (Lipinski definition) is 4. The van der Waals surface area contributed by atoms with Crippen LogP contribution in [0.15, 0.2) is 58.4 Å². The first-order valence-electron chi connectivity index (χ1n) is 8.62. The Kier molecular flexibility index (Phi) is 12.0. The number of benzene rings is 2. The average molecular weight is 511 g/mol. The summed E-state index contributed by atoms with van der Waals surface area (Å²) in [6.45, 7) is 1.63. The summed E-state index contributed by atoms with van der Waals surface area (Å²) in [5, 5.41) is 6.62. The number of nitrogens with zero attached hydrogens (tertiary/aromatic N) is 1. The van der Waals surface area contributed by atoms with Crippen LogP contribution in [0.25, 0.3) is 0 Å². The maximum atomic E-state index is 5.53. The summed E-state index contributed by atoms with van der Waals surface area (Å²) >= 11 is 1.81. The van der Waals surface area contributed by atoms with Gasteiger partial charge in [0.2, 0.25) is 0 Å². The molecule has 28 heavy (non-hydrogen) atoms. The number of aliphatic imine (C=N–C) groups is 1. The molecule has 2 aromatic carbocycles. The number of guanidine groups is 1. The van der Waals surface area contributed by atoms with Crippen molar-refractivity contribution >= 4 is 41.7 Å². The Balaban J connectivity index is 0.00000392. The normalized spacial score (nSPS) is 10.4. The minimum atomic E-state index is 0. The molecule has 0 atom stereocenters. The third kappa shape index (κ3) is 8.31. The molecular weight excluding hydrogens is 485 g/mol. The lowest BCUT2D eigenvalue weighted by Gasteiger charge is -2.14. The Bertz CT molecular complexity index is 779. The lowest BCUT2D eigenvalue weighted by atomic mass is 10.2. The van der Waals surface area contributed by atoms with Gasteiger partial charge in [0.1, 0.15) is 6.61 Å². The highest BCUT2D eigenvalue weighted by atomic mass is 127. The van der Waals surface area contributed by atoms with E-state index in [1.807, 2.05) is 48.2 Å². The molecule has 0 radical (unpaired) electrons. The van der Waals surface area contributed by atoms with Crippen LogP contribution in [0.5, 0.6) is 11.5 Å². The number of ether oxygens (including phenoxy) is 2. The predicted octanol–water partition coefficient (Wildman–Crippen LogP) is 3.78. The first kappa shape index (κ1) is 24.0. The molecule has 0 fully saturated rings. The second-order valence-electron chi connectivity index (χ2n) is 5.49. The van der Waals surface area contributed by atoms with Crippen LogP contribution in [0.4, 0.5) is 0 Å². The standard InChI is InChI=1S/C21H25N3O2S.HI/c1-4-13-26-20-15-17(10-11-19(20)25-3)16-24-21(22-2)23-12-14-27-18-8-6-5-7-9-18;/h1,5-11,15H,12-14,16H2,2-3H3,(H2,22,23,24);1H. The van der Waals surface area contributed by atoms with Crippen LogP contribution in [0, 0.1) is 12.3 Å². The summed E-state index contributed by atoms with van der Waals surface area (Å²) in [6.07, 6.45) is 5.26. The smallest absolute Gasteiger partial charge is 0.191 e. The molecule has 0 heterocycles. The van der Waals surface area contributed by atoms with Gasteiger partial charge in [-0.05, 0) is 29.8 Å². The largest absolute Gasteiger partial charge is 0.493 e. The number of nitrogens with one attached hydrogen (secondary N) is 2. The zero-order chi connectivity index (χ0) is 19.3. The van der Waals surface area contributed by atoms with Gasteiger partial charge in [-0.2, -0.15) is 0 Å². The number of terminal acetylenes is 1. The van der Waals surface area contributed by atoms with Crippen LogP contribution < -0.4 is 20.1 Å². The molecule has 2 aromatic rings. The van der Waals surface area contributed by atoms with E-state index in [1.54, 1.807) is 14.2 Å². The molecule has 0 amide bonds. The van der Waals surface area contributed by atoms with E-state index >= 15 is 0 Å². The monoisotopic (exact) mass is 511 g/mol. The van der Waals surface area contributed by atoms with E-state index < -0.39 is 0 Å². The Morgan fingerprint density at radius 3 is 2.61 bits per heavy atom. The van der Waals surface area contributed by atoms with Crippen LogP contribution in [-0.2, 0) is 6.54 Å². The highest BCUT2D eigenvalue weighted by Gasteiger charge is 2.06. The molecule has 0 aliphatic heterocycles. The minimum Gasteiger partial charge on any atom is -0.493 e. The van der Waals surface area contributed by atoms with E-state index in [-0.39, 0.29) is 30.6 Å². The Morgan fingerprint density at radius 1 is 1.14 bits per heavy atom. The summed E-state index contributed by atoms with van der Waals surface area (Å²) in [6, 6.07) is 16.1. The van der Waals surface area contributed by atoms with Gasteiger partial charge in [-0.1, -0.05) is 30.2 Å². The zero-order valence-corrected chi connectivity index (χ0v) is 19.3. The SMILES string of the molecule is C#CCOc1cc(CNC(=NC)NCCSc2ccccc2)ccc1OC.I. The summed E-state index contributed by atoms with van der Waals surface area (Å²) < 4.78 is 10.8. The first-order valence-corrected chi connectivity index (χ1v) is 9.61. The van der Waals surface area contributed by atoms with Crippen LogP contribution in [0.1, 0.15) is 5.56 Å². The average Bonchev–Trinajstić information content (AvgIpc) is 2.72. The van der Waals surface area contributed by atoms with Crippen LogP contribution in [0.3, 0.4) is 0 Å². The molecule has 0 aliphatic rings. The van der Waals surface area contributed by atoms with Crippen molar-refractivity contribution in [3.05, 3.63) is 54.1 Å². The third-order valence-corrected chi connectivity index (χ3v) is 4.64. The number of rotatable bonds is 9. The quantitative estimate of drug-likeness (QED) is 0.134. The van der Waals surface area contributed by atoms with Gasteiger partial charge in [0.05, 0.1) is 7.11 Å². The molecule has 0 unspecified atom stereocenters. The maximum Gasteiger partial charge on any atom is 0.191 e. The molecule has 2 rings (SSSR count). The number of hydrogen-bond donors (Lipinski definition) is 2. The highest BCUT2D eigenvalue weighted by Crippen LogP contribution is 2.27. The lowest BCUT2D eigenvalue weighted by molar-refractivity contribution is 0.330. The van der Waals surface area contributed by atoms with Crippen molar-refractivity contribution in [2.45, 2.75) is 11.4 Å². The maximum absolute atomic E-state index is 5.53. The molecule has 0 aromatic heterocycles. The summed E-state index contributed by atoms with van der Waals surface area (Å²) in [4.78, 5) is 5.52. The van der Waals surface area contributed by atoms with Gasteiger partial charge < -0.3 is 20.1 Å². The number of halogens is 1. The van der Waals surface area contributed by atoms with Crippen LogP contribution >= 0.6 is 35.7 Å². The molecule has 0 saturated heterocycles. The minimum absolute atomic E-state index is 0. The van der Waals surface area contributed by atoms with Gasteiger partial charge in [-0.25, -0.2) is 0 Å². The van der Waals surface area contributed by atoms with Crippen molar-refractivity contribution in [3.8, 4) is 23.8 Å². The summed E-state index contributed by atoms with van der Waals surface area (Å²) in [5.41, 5.74) is 1.05. The van der Waals surface area contributed by atoms with Crippen molar-refractivity contribution in [2.75, 3.05) is 33.1 Å². The highest BCUT2D eigenvalue weighted by molar-refractivity contribution is 14.0. The number of thioether (sulfide) groups is 1. The Morgan fingerprint density at radius 2 is 1.93 bits per heavy atom. The molecule has 5 nitrogen and oxygen atoms in total. The van der Waals surface area contributed by atoms with Gasteiger partial charge >= 0.3 is 0 Å². The van der Waals surface area contributed by atoms with Gasteiger partial charge in [-0.3, -0.25) is 4.99 Å². The van der Waals surface area contributed by atoms with E-state index in [0.29, 0.717) is 18.0 Å². The molecule has 0 aliphatic carbocycles. The third-order valence-electron chi connectivity index (χ3n) is 3.63. The number of methoxy groups -OCH3 is 1. The van der Waals surface area contributed by atoms with E-state index in [4.69, 9.17) is 15.9 Å². The van der Waals surface area contributed by atoms with Gasteiger partial charge in [-0.15, -0.1) is 42.2 Å². The van der Waals surface area contributed by atoms with Crippen molar-refractivity contribution < 1.29 is 9.47 Å². The summed E-state index contributed by atoms with van der Waals surface area (Å²) in [5.74, 6) is 5.47. The second kappa shape index (κ2) is 14.0. The lowest BCUT2D eigenvalue weighted by Crippen LogP contribution is -2.37. The molecule has 7 heteroatoms. The van der Waals surface area contributed by atoms with Crippen molar-refractivity contribution in [2.24, 2.45) is 4.99 Å². The van der Waals surface area contributed by atoms with Crippen LogP contribution in [-0.4, -0.2) is 39.0 Å². The van der Waals surface area contributed by atoms with Crippen molar-refractivity contribution in [1.29, 1.82) is 0 Å². The Labute approximate surface area is 188 Å². The van der Waals surface area contributed by atoms with Crippen molar-refractivity contribution in [3.63, 3.8) is 0 Å². The molecule has 2 N–H and O–H groups in total. The predicted molar refractivity (Wildman–Crippen MR) is 128 cm³/mol. The Hall–Kier alpha value is -2.05. The molecule has 0 saturated carbocycles. The molecular formula is C21H26IN3O2S. The van der Waals surface area contributed by atoms with Gasteiger partial charge in [0, 0.05) is 30.8 Å². The van der Waals surface area contributed by atoms with Gasteiger partial charge in [0.25, 0.3) is 0 Å². The second-order valence-corrected chi connectivity index (χ2v) is 6.66. The fraction of sp³-hybridized carbons (Fsp3) is 0.286. The topological polar surface area (TPSA) is 54.9 Å². The van der Waals surface area contributed by atoms with E-state index in [0.717, 1.165) is 23.8 Å². The molecule has 0 spiro atoms. The van der Waals surface area contributed by atoms with E-state index in [2.05, 4.69) is 33.7 Å². The molecule has 150 valence electrons. The molecule has 0 bridgehead atoms. The first-order chi connectivity index (χ1) is 13.3. The van der Waals surface area contributed by atoms with E-state index in [9.17, 15) is 0 Å². The van der Waals surface area contributed by atoms with Crippen molar-refractivity contribution in [1.82, 2.24) is 10.6 Å².